The Labute approximate surface area is 180 Å². The van der Waals surface area contributed by atoms with Gasteiger partial charge >= 0.3 is 5.97 Å². The number of aryl methyl sites for hydroxylation is 1. The van der Waals surface area contributed by atoms with Gasteiger partial charge in [0.1, 0.15) is 0 Å². The zero-order chi connectivity index (χ0) is 22.0. The van der Waals surface area contributed by atoms with E-state index in [1.54, 1.807) is 18.2 Å². The molecule has 4 rings (SSSR count). The molecule has 0 unspecified atom stereocenters. The standard InChI is InChI=1S/C24H22N2O4S/c1-3-26-22-10-5-4-9-20(22)21-16-18(12-13-23(21)26)25-31(28,29)19-8-6-7-17(15-19)11-14-24(27)30-2/h4-16,25H,3H2,1-2H3. The molecule has 1 N–H and O–H groups in total. The number of aromatic nitrogens is 1. The number of methoxy groups -OCH3 is 1. The van der Waals surface area contributed by atoms with Gasteiger partial charge in [-0.25, -0.2) is 13.2 Å². The monoisotopic (exact) mass is 434 g/mol. The van der Waals surface area contributed by atoms with Crippen LogP contribution in [0.5, 0.6) is 0 Å². The van der Waals surface area contributed by atoms with Crippen LogP contribution in [0, 0.1) is 0 Å². The number of nitrogens with zero attached hydrogens (tertiary/aromatic N) is 1. The third-order valence-electron chi connectivity index (χ3n) is 5.12. The molecular formula is C24H22N2O4S. The fraction of sp³-hybridized carbons (Fsp3) is 0.125. The number of sulfonamides is 1. The highest BCUT2D eigenvalue weighted by atomic mass is 32.2. The molecule has 0 aliphatic carbocycles. The molecule has 1 aromatic heterocycles. The first kappa shape index (κ1) is 20.7. The Morgan fingerprint density at radius 2 is 1.77 bits per heavy atom. The maximum Gasteiger partial charge on any atom is 0.330 e. The Bertz CT molecular complexity index is 1420. The highest BCUT2D eigenvalue weighted by molar-refractivity contribution is 7.92. The molecule has 0 fully saturated rings. The largest absolute Gasteiger partial charge is 0.466 e. The van der Waals surface area contributed by atoms with Crippen molar-refractivity contribution in [1.82, 2.24) is 4.57 Å². The minimum absolute atomic E-state index is 0.107. The lowest BCUT2D eigenvalue weighted by Gasteiger charge is -2.09. The van der Waals surface area contributed by atoms with Crippen molar-refractivity contribution in [2.75, 3.05) is 11.8 Å². The highest BCUT2D eigenvalue weighted by Crippen LogP contribution is 2.31. The number of anilines is 1. The summed E-state index contributed by atoms with van der Waals surface area (Å²) in [5, 5.41) is 2.07. The molecule has 31 heavy (non-hydrogen) atoms. The first-order valence-corrected chi connectivity index (χ1v) is 11.3. The summed E-state index contributed by atoms with van der Waals surface area (Å²) in [5.74, 6) is -0.508. The van der Waals surface area contributed by atoms with Gasteiger partial charge in [0, 0.05) is 40.1 Å². The molecule has 0 radical (unpaired) electrons. The van der Waals surface area contributed by atoms with Gasteiger partial charge in [-0.2, -0.15) is 0 Å². The summed E-state index contributed by atoms with van der Waals surface area (Å²) >= 11 is 0. The molecule has 0 saturated carbocycles. The van der Waals surface area contributed by atoms with Gasteiger partial charge in [-0.1, -0.05) is 30.3 Å². The van der Waals surface area contributed by atoms with E-state index < -0.39 is 16.0 Å². The molecule has 3 aromatic carbocycles. The van der Waals surface area contributed by atoms with Crippen LogP contribution in [0.1, 0.15) is 12.5 Å². The lowest BCUT2D eigenvalue weighted by Crippen LogP contribution is -2.13. The number of benzene rings is 3. The predicted octanol–water partition coefficient (Wildman–Crippen LogP) is 4.80. The van der Waals surface area contributed by atoms with E-state index in [0.29, 0.717) is 11.3 Å². The molecule has 4 aromatic rings. The Balaban J connectivity index is 1.69. The van der Waals surface area contributed by atoms with Crippen LogP contribution in [0.15, 0.2) is 77.7 Å². The van der Waals surface area contributed by atoms with Crippen LogP contribution in [-0.4, -0.2) is 26.1 Å². The van der Waals surface area contributed by atoms with Crippen LogP contribution in [0.4, 0.5) is 5.69 Å². The first-order chi connectivity index (χ1) is 14.9. The summed E-state index contributed by atoms with van der Waals surface area (Å²) in [7, 11) is -2.52. The number of rotatable bonds is 6. The number of hydrogen-bond donors (Lipinski definition) is 1. The molecule has 0 aliphatic rings. The average molecular weight is 435 g/mol. The van der Waals surface area contributed by atoms with Gasteiger partial charge in [0.15, 0.2) is 0 Å². The zero-order valence-electron chi connectivity index (χ0n) is 17.2. The average Bonchev–Trinajstić information content (AvgIpc) is 3.10. The molecule has 0 aliphatic heterocycles. The number of carbonyl (C=O) groups excluding carboxylic acids is 1. The summed E-state index contributed by atoms with van der Waals surface area (Å²) < 4.78 is 35.4. The fourth-order valence-electron chi connectivity index (χ4n) is 3.69. The van der Waals surface area contributed by atoms with Gasteiger partial charge in [-0.15, -0.1) is 0 Å². The van der Waals surface area contributed by atoms with Crippen LogP contribution in [0.2, 0.25) is 0 Å². The van der Waals surface area contributed by atoms with E-state index in [-0.39, 0.29) is 4.90 Å². The van der Waals surface area contributed by atoms with Crippen molar-refractivity contribution in [3.63, 3.8) is 0 Å². The zero-order valence-corrected chi connectivity index (χ0v) is 18.0. The van der Waals surface area contributed by atoms with Crippen molar-refractivity contribution < 1.29 is 17.9 Å². The van der Waals surface area contributed by atoms with Gasteiger partial charge in [0.2, 0.25) is 0 Å². The molecule has 0 spiro atoms. The second-order valence-electron chi connectivity index (χ2n) is 7.03. The first-order valence-electron chi connectivity index (χ1n) is 9.83. The van der Waals surface area contributed by atoms with Gasteiger partial charge in [0.05, 0.1) is 12.0 Å². The van der Waals surface area contributed by atoms with E-state index >= 15 is 0 Å². The third kappa shape index (κ3) is 4.04. The number of fused-ring (bicyclic) bond motifs is 3. The molecule has 0 atom stereocenters. The minimum atomic E-state index is -3.81. The quantitative estimate of drug-likeness (QED) is 0.349. The van der Waals surface area contributed by atoms with Gasteiger partial charge in [-0.05, 0) is 55.0 Å². The second-order valence-corrected chi connectivity index (χ2v) is 8.71. The molecule has 7 heteroatoms. The Morgan fingerprint density at radius 3 is 2.55 bits per heavy atom. The van der Waals surface area contributed by atoms with Gasteiger partial charge in [0.25, 0.3) is 10.0 Å². The number of carbonyl (C=O) groups is 1. The van der Waals surface area contributed by atoms with E-state index in [2.05, 4.69) is 27.0 Å². The van der Waals surface area contributed by atoms with E-state index in [4.69, 9.17) is 0 Å². The lowest BCUT2D eigenvalue weighted by molar-refractivity contribution is -0.134. The molecule has 6 nitrogen and oxygen atoms in total. The third-order valence-corrected chi connectivity index (χ3v) is 6.50. The van der Waals surface area contributed by atoms with Crippen LogP contribution in [0.3, 0.4) is 0 Å². The van der Waals surface area contributed by atoms with E-state index in [9.17, 15) is 13.2 Å². The van der Waals surface area contributed by atoms with Crippen molar-refractivity contribution in [3.05, 3.63) is 78.4 Å². The summed E-state index contributed by atoms with van der Waals surface area (Å²) in [4.78, 5) is 11.4. The Hall–Kier alpha value is -3.58. The maximum atomic E-state index is 13.0. The van der Waals surface area contributed by atoms with E-state index in [1.165, 1.54) is 31.4 Å². The summed E-state index contributed by atoms with van der Waals surface area (Å²) in [6, 6.07) is 20.0. The van der Waals surface area contributed by atoms with Crippen LogP contribution < -0.4 is 4.72 Å². The number of esters is 1. The van der Waals surface area contributed by atoms with Crippen LogP contribution in [-0.2, 0) is 26.1 Å². The molecule has 0 saturated heterocycles. The molecule has 0 bridgehead atoms. The van der Waals surface area contributed by atoms with Crippen molar-refractivity contribution in [2.45, 2.75) is 18.4 Å². The number of ether oxygens (including phenoxy) is 1. The van der Waals surface area contributed by atoms with E-state index in [1.807, 2.05) is 30.3 Å². The normalized spacial score (nSPS) is 11.9. The smallest absolute Gasteiger partial charge is 0.330 e. The van der Waals surface area contributed by atoms with Crippen molar-refractivity contribution >= 4 is 49.6 Å². The molecule has 0 amide bonds. The molecule has 1 heterocycles. The molecular weight excluding hydrogens is 412 g/mol. The van der Waals surface area contributed by atoms with Gasteiger partial charge < -0.3 is 9.30 Å². The van der Waals surface area contributed by atoms with E-state index in [0.717, 1.165) is 28.4 Å². The maximum absolute atomic E-state index is 13.0. The van der Waals surface area contributed by atoms with Crippen LogP contribution >= 0.6 is 0 Å². The molecule has 158 valence electrons. The summed E-state index contributed by atoms with van der Waals surface area (Å²) in [6.45, 7) is 2.91. The minimum Gasteiger partial charge on any atom is -0.466 e. The highest BCUT2D eigenvalue weighted by Gasteiger charge is 2.16. The predicted molar refractivity (Wildman–Crippen MR) is 123 cm³/mol. The summed E-state index contributed by atoms with van der Waals surface area (Å²) in [6.07, 6.45) is 2.76. The van der Waals surface area contributed by atoms with Crippen molar-refractivity contribution in [3.8, 4) is 0 Å². The van der Waals surface area contributed by atoms with Crippen molar-refractivity contribution in [2.24, 2.45) is 0 Å². The Kier molecular flexibility index (Phi) is 5.52. The number of para-hydroxylation sites is 1. The van der Waals surface area contributed by atoms with Crippen LogP contribution in [0.25, 0.3) is 27.9 Å². The Morgan fingerprint density at radius 1 is 1.00 bits per heavy atom. The van der Waals surface area contributed by atoms with Gasteiger partial charge in [-0.3, -0.25) is 4.72 Å². The fourth-order valence-corrected chi connectivity index (χ4v) is 4.79. The topological polar surface area (TPSA) is 77.4 Å². The summed E-state index contributed by atoms with van der Waals surface area (Å²) in [5.41, 5.74) is 3.24. The number of nitrogens with one attached hydrogen (secondary N) is 1. The number of hydrogen-bond acceptors (Lipinski definition) is 4. The second kappa shape index (κ2) is 8.28. The van der Waals surface area contributed by atoms with Crippen molar-refractivity contribution in [1.29, 1.82) is 0 Å². The SMILES string of the molecule is CCn1c2ccccc2c2cc(NS(=O)(=O)c3cccc(C=CC(=O)OC)c3)ccc21. The lowest BCUT2D eigenvalue weighted by atomic mass is 10.1.